The Labute approximate surface area is 113 Å². The first-order valence-electron chi connectivity index (χ1n) is 6.16. The monoisotopic (exact) mass is 251 g/mol. The third-order valence-electron chi connectivity index (χ3n) is 3.06. The van der Waals surface area contributed by atoms with Crippen LogP contribution >= 0.6 is 0 Å². The molecule has 0 aliphatic rings. The Bertz CT molecular complexity index is 626. The minimum Gasteiger partial charge on any atom is -0.399 e. The zero-order chi connectivity index (χ0) is 13.8. The Morgan fingerprint density at radius 3 is 2.68 bits per heavy atom. The first kappa shape index (κ1) is 13.0. The van der Waals surface area contributed by atoms with Crippen LogP contribution in [0, 0.1) is 18.3 Å². The minimum atomic E-state index is 0.692. The van der Waals surface area contributed by atoms with E-state index < -0.39 is 0 Å². The summed E-state index contributed by atoms with van der Waals surface area (Å²) in [6.45, 7) is 2.75. The van der Waals surface area contributed by atoms with Gasteiger partial charge in [-0.05, 0) is 42.3 Å². The van der Waals surface area contributed by atoms with E-state index in [1.807, 2.05) is 56.4 Å². The molecule has 0 bridgehead atoms. The fourth-order valence-electron chi connectivity index (χ4n) is 2.10. The van der Waals surface area contributed by atoms with E-state index in [1.54, 1.807) is 0 Å². The van der Waals surface area contributed by atoms with Crippen LogP contribution in [0.1, 0.15) is 16.7 Å². The maximum absolute atomic E-state index is 9.17. The van der Waals surface area contributed by atoms with Crippen LogP contribution in [0.25, 0.3) is 0 Å². The van der Waals surface area contributed by atoms with Crippen molar-refractivity contribution in [2.24, 2.45) is 0 Å². The molecule has 2 aromatic carbocycles. The standard InChI is InChI=1S/C16H17N3/c1-12-6-7-14(10-17)16(8-12)19(2)11-13-4-3-5-15(18)9-13/h3-9H,11,18H2,1-2H3. The Morgan fingerprint density at radius 1 is 1.21 bits per heavy atom. The number of nitrogens with two attached hydrogens (primary N) is 1. The third-order valence-corrected chi connectivity index (χ3v) is 3.06. The van der Waals surface area contributed by atoms with Crippen molar-refractivity contribution in [1.82, 2.24) is 0 Å². The molecule has 0 radical (unpaired) electrons. The zero-order valence-electron chi connectivity index (χ0n) is 11.2. The van der Waals surface area contributed by atoms with Crippen LogP contribution in [0.2, 0.25) is 0 Å². The van der Waals surface area contributed by atoms with E-state index in [0.29, 0.717) is 5.56 Å². The maximum atomic E-state index is 9.17. The number of hydrogen-bond acceptors (Lipinski definition) is 3. The van der Waals surface area contributed by atoms with E-state index in [-0.39, 0.29) is 0 Å². The lowest BCUT2D eigenvalue weighted by atomic mass is 10.1. The SMILES string of the molecule is Cc1ccc(C#N)c(N(C)Cc2cccc(N)c2)c1. The van der Waals surface area contributed by atoms with Crippen LogP contribution < -0.4 is 10.6 Å². The average molecular weight is 251 g/mol. The van der Waals surface area contributed by atoms with Crippen molar-refractivity contribution in [1.29, 1.82) is 5.26 Å². The first-order valence-corrected chi connectivity index (χ1v) is 6.16. The second-order valence-corrected chi connectivity index (χ2v) is 4.73. The number of nitrogen functional groups attached to an aromatic ring is 1. The van der Waals surface area contributed by atoms with Gasteiger partial charge in [0.15, 0.2) is 0 Å². The summed E-state index contributed by atoms with van der Waals surface area (Å²) >= 11 is 0. The van der Waals surface area contributed by atoms with Crippen LogP contribution in [0.3, 0.4) is 0 Å². The Balaban J connectivity index is 2.27. The molecule has 0 atom stereocenters. The van der Waals surface area contributed by atoms with Crippen molar-refractivity contribution >= 4 is 11.4 Å². The Morgan fingerprint density at radius 2 is 2.00 bits per heavy atom. The van der Waals surface area contributed by atoms with Gasteiger partial charge in [0.2, 0.25) is 0 Å². The van der Waals surface area contributed by atoms with Crippen LogP contribution in [0.4, 0.5) is 11.4 Å². The van der Waals surface area contributed by atoms with Gasteiger partial charge < -0.3 is 10.6 Å². The molecule has 2 N–H and O–H groups in total. The highest BCUT2D eigenvalue weighted by atomic mass is 15.1. The molecule has 0 spiro atoms. The molecule has 0 aliphatic heterocycles. The molecule has 0 heterocycles. The lowest BCUT2D eigenvalue weighted by Crippen LogP contribution is -2.17. The molecule has 0 unspecified atom stereocenters. The number of benzene rings is 2. The Kier molecular flexibility index (Phi) is 3.72. The molecule has 96 valence electrons. The molecule has 2 rings (SSSR count). The highest BCUT2D eigenvalue weighted by Gasteiger charge is 2.08. The van der Waals surface area contributed by atoms with Crippen molar-refractivity contribution in [3.63, 3.8) is 0 Å². The molecule has 0 saturated carbocycles. The van der Waals surface area contributed by atoms with E-state index in [0.717, 1.165) is 29.0 Å². The van der Waals surface area contributed by atoms with Crippen molar-refractivity contribution in [2.45, 2.75) is 13.5 Å². The highest BCUT2D eigenvalue weighted by Crippen LogP contribution is 2.22. The molecule has 0 amide bonds. The summed E-state index contributed by atoms with van der Waals surface area (Å²) < 4.78 is 0. The molecule has 0 fully saturated rings. The molecule has 3 nitrogen and oxygen atoms in total. The predicted molar refractivity (Wildman–Crippen MR) is 78.9 cm³/mol. The maximum Gasteiger partial charge on any atom is 0.101 e. The smallest absolute Gasteiger partial charge is 0.101 e. The summed E-state index contributed by atoms with van der Waals surface area (Å²) in [6, 6.07) is 15.9. The second kappa shape index (κ2) is 5.45. The minimum absolute atomic E-state index is 0.692. The molecule has 0 aliphatic carbocycles. The fourth-order valence-corrected chi connectivity index (χ4v) is 2.10. The molecular weight excluding hydrogens is 234 g/mol. The fraction of sp³-hybridized carbons (Fsp3) is 0.188. The first-order chi connectivity index (χ1) is 9.10. The predicted octanol–water partition coefficient (Wildman–Crippen LogP) is 3.09. The summed E-state index contributed by atoms with van der Waals surface area (Å²) in [5, 5.41) is 9.17. The highest BCUT2D eigenvalue weighted by molar-refractivity contribution is 5.60. The summed E-state index contributed by atoms with van der Waals surface area (Å²) in [5.74, 6) is 0. The van der Waals surface area contributed by atoms with E-state index in [4.69, 9.17) is 5.73 Å². The van der Waals surface area contributed by atoms with Crippen LogP contribution in [-0.4, -0.2) is 7.05 Å². The molecule has 3 heteroatoms. The number of nitriles is 1. The molecule has 19 heavy (non-hydrogen) atoms. The summed E-state index contributed by atoms with van der Waals surface area (Å²) in [6.07, 6.45) is 0. The lowest BCUT2D eigenvalue weighted by Gasteiger charge is -2.21. The van der Waals surface area contributed by atoms with Crippen molar-refractivity contribution in [2.75, 3.05) is 17.7 Å². The van der Waals surface area contributed by atoms with E-state index in [1.165, 1.54) is 0 Å². The second-order valence-electron chi connectivity index (χ2n) is 4.73. The number of nitrogens with zero attached hydrogens (tertiary/aromatic N) is 2. The van der Waals surface area contributed by atoms with Crippen LogP contribution in [0.5, 0.6) is 0 Å². The number of anilines is 2. The van der Waals surface area contributed by atoms with Crippen LogP contribution in [-0.2, 0) is 6.54 Å². The van der Waals surface area contributed by atoms with Gasteiger partial charge in [-0.25, -0.2) is 0 Å². The lowest BCUT2D eigenvalue weighted by molar-refractivity contribution is 0.920. The van der Waals surface area contributed by atoms with Gasteiger partial charge in [0.1, 0.15) is 6.07 Å². The van der Waals surface area contributed by atoms with Gasteiger partial charge in [0, 0.05) is 19.3 Å². The van der Waals surface area contributed by atoms with Gasteiger partial charge in [0.25, 0.3) is 0 Å². The molecule has 2 aromatic rings. The van der Waals surface area contributed by atoms with Gasteiger partial charge in [-0.15, -0.1) is 0 Å². The van der Waals surface area contributed by atoms with Gasteiger partial charge in [0.05, 0.1) is 11.3 Å². The van der Waals surface area contributed by atoms with Gasteiger partial charge in [-0.1, -0.05) is 18.2 Å². The molecular formula is C16H17N3. The number of aryl methyl sites for hydroxylation is 1. The van der Waals surface area contributed by atoms with E-state index in [9.17, 15) is 5.26 Å². The van der Waals surface area contributed by atoms with Gasteiger partial charge >= 0.3 is 0 Å². The van der Waals surface area contributed by atoms with Crippen molar-refractivity contribution in [3.05, 3.63) is 59.2 Å². The van der Waals surface area contributed by atoms with E-state index >= 15 is 0 Å². The topological polar surface area (TPSA) is 53.0 Å². The molecule has 0 saturated heterocycles. The van der Waals surface area contributed by atoms with Crippen molar-refractivity contribution in [3.8, 4) is 6.07 Å². The summed E-state index contributed by atoms with van der Waals surface area (Å²) in [7, 11) is 1.98. The normalized spacial score (nSPS) is 9.95. The zero-order valence-corrected chi connectivity index (χ0v) is 11.2. The Hall–Kier alpha value is -2.47. The average Bonchev–Trinajstić information content (AvgIpc) is 2.38. The van der Waals surface area contributed by atoms with Crippen molar-refractivity contribution < 1.29 is 0 Å². The molecule has 0 aromatic heterocycles. The number of rotatable bonds is 3. The van der Waals surface area contributed by atoms with Gasteiger partial charge in [-0.2, -0.15) is 5.26 Å². The van der Waals surface area contributed by atoms with Crippen LogP contribution in [0.15, 0.2) is 42.5 Å². The third kappa shape index (κ3) is 3.05. The van der Waals surface area contributed by atoms with Gasteiger partial charge in [-0.3, -0.25) is 0 Å². The largest absolute Gasteiger partial charge is 0.399 e. The quantitative estimate of drug-likeness (QED) is 0.853. The number of hydrogen-bond donors (Lipinski definition) is 1. The summed E-state index contributed by atoms with van der Waals surface area (Å²) in [4.78, 5) is 2.07. The summed E-state index contributed by atoms with van der Waals surface area (Å²) in [5.41, 5.74) is 10.5. The van der Waals surface area contributed by atoms with E-state index in [2.05, 4.69) is 11.0 Å².